The second-order valence-corrected chi connectivity index (χ2v) is 10.4. The summed E-state index contributed by atoms with van der Waals surface area (Å²) in [5, 5.41) is 6.92. The summed E-state index contributed by atoms with van der Waals surface area (Å²) < 4.78 is 11.9. The lowest BCUT2D eigenvalue weighted by Crippen LogP contribution is -2.40. The van der Waals surface area contributed by atoms with Crippen LogP contribution >= 0.6 is 35.7 Å². The maximum Gasteiger partial charge on any atom is 0.191 e. The van der Waals surface area contributed by atoms with E-state index in [4.69, 9.17) is 0 Å². The molecule has 0 aliphatic carbocycles. The zero-order valence-electron chi connectivity index (χ0n) is 15.9. The van der Waals surface area contributed by atoms with Gasteiger partial charge in [0.1, 0.15) is 0 Å². The first-order valence-electron chi connectivity index (χ1n) is 8.45. The fraction of sp³-hybridized carbons (Fsp3) is 0.611. The maximum atomic E-state index is 12.1. The Morgan fingerprint density at radius 1 is 1.24 bits per heavy atom. The first-order valence-corrected chi connectivity index (χ1v) is 10.6. The summed E-state index contributed by atoms with van der Waals surface area (Å²) in [4.78, 5) is 5.91. The molecule has 2 atom stereocenters. The molecule has 2 unspecified atom stereocenters. The Hall–Kier alpha value is -0.280. The third-order valence-corrected chi connectivity index (χ3v) is 6.23. The molecule has 144 valence electrons. The number of guanidine groups is 1. The summed E-state index contributed by atoms with van der Waals surface area (Å²) in [6.07, 6.45) is 0. The van der Waals surface area contributed by atoms with Crippen LogP contribution in [-0.2, 0) is 10.8 Å². The summed E-state index contributed by atoms with van der Waals surface area (Å²) >= 11 is 1.82. The molecule has 4 nitrogen and oxygen atoms in total. The van der Waals surface area contributed by atoms with Crippen molar-refractivity contribution in [2.45, 2.75) is 49.5 Å². The largest absolute Gasteiger partial charge is 0.357 e. The van der Waals surface area contributed by atoms with Gasteiger partial charge in [0, 0.05) is 44.5 Å². The van der Waals surface area contributed by atoms with Crippen LogP contribution in [0.4, 0.5) is 0 Å². The SMILES string of the molecule is CCNC(=NCC(C)Sc1ccccc1)NCCS(=O)C(C)(C)C.I. The monoisotopic (exact) mass is 497 g/mol. The van der Waals surface area contributed by atoms with E-state index in [0.29, 0.717) is 17.5 Å². The van der Waals surface area contributed by atoms with E-state index in [-0.39, 0.29) is 28.7 Å². The minimum atomic E-state index is -0.846. The van der Waals surface area contributed by atoms with Crippen LogP contribution in [0.25, 0.3) is 0 Å². The van der Waals surface area contributed by atoms with Gasteiger partial charge < -0.3 is 10.6 Å². The maximum absolute atomic E-state index is 12.1. The first-order chi connectivity index (χ1) is 11.3. The van der Waals surface area contributed by atoms with Gasteiger partial charge >= 0.3 is 0 Å². The van der Waals surface area contributed by atoms with Crippen molar-refractivity contribution in [2.24, 2.45) is 4.99 Å². The lowest BCUT2D eigenvalue weighted by Gasteiger charge is -2.18. The molecule has 0 radical (unpaired) electrons. The fourth-order valence-corrected chi connectivity index (χ4v) is 3.73. The number of nitrogens with zero attached hydrogens (tertiary/aromatic N) is 1. The fourth-order valence-electron chi connectivity index (χ4n) is 1.90. The molecule has 7 heteroatoms. The number of hydrogen-bond acceptors (Lipinski definition) is 3. The number of nitrogens with one attached hydrogen (secondary N) is 2. The van der Waals surface area contributed by atoms with Crippen LogP contribution in [0.3, 0.4) is 0 Å². The van der Waals surface area contributed by atoms with Gasteiger partial charge in [0.15, 0.2) is 5.96 Å². The van der Waals surface area contributed by atoms with E-state index in [1.807, 2.05) is 45.5 Å². The highest BCUT2D eigenvalue weighted by Crippen LogP contribution is 2.22. The first kappa shape index (κ1) is 24.7. The third-order valence-electron chi connectivity index (χ3n) is 3.19. The Morgan fingerprint density at radius 3 is 2.44 bits per heavy atom. The molecule has 0 spiro atoms. The minimum Gasteiger partial charge on any atom is -0.357 e. The van der Waals surface area contributed by atoms with E-state index in [1.165, 1.54) is 4.90 Å². The van der Waals surface area contributed by atoms with Gasteiger partial charge in [-0.1, -0.05) is 25.1 Å². The van der Waals surface area contributed by atoms with Crippen molar-refractivity contribution >= 4 is 52.5 Å². The second-order valence-electron chi connectivity index (χ2n) is 6.55. The number of thioether (sulfide) groups is 1. The molecule has 1 aromatic carbocycles. The highest BCUT2D eigenvalue weighted by atomic mass is 127. The summed E-state index contributed by atoms with van der Waals surface area (Å²) in [5.74, 6) is 1.42. The van der Waals surface area contributed by atoms with E-state index in [1.54, 1.807) is 0 Å². The molecule has 1 aromatic rings. The molecule has 0 amide bonds. The molecule has 2 N–H and O–H groups in total. The van der Waals surface area contributed by atoms with Crippen molar-refractivity contribution in [1.29, 1.82) is 0 Å². The molecule has 0 aliphatic rings. The molecule has 0 aliphatic heterocycles. The van der Waals surface area contributed by atoms with Gasteiger partial charge in [-0.05, 0) is 39.8 Å². The van der Waals surface area contributed by atoms with Crippen molar-refractivity contribution in [2.75, 3.05) is 25.4 Å². The molecular formula is C18H32IN3OS2. The average molecular weight is 498 g/mol. The highest BCUT2D eigenvalue weighted by molar-refractivity contribution is 14.0. The third kappa shape index (κ3) is 11.1. The van der Waals surface area contributed by atoms with Crippen LogP contribution in [0.5, 0.6) is 0 Å². The number of hydrogen-bond donors (Lipinski definition) is 2. The van der Waals surface area contributed by atoms with Gasteiger partial charge in [-0.15, -0.1) is 35.7 Å². The van der Waals surface area contributed by atoms with Gasteiger partial charge in [0.05, 0.1) is 6.54 Å². The van der Waals surface area contributed by atoms with Crippen molar-refractivity contribution in [3.8, 4) is 0 Å². The Bertz CT molecular complexity index is 533. The molecule has 0 heterocycles. The van der Waals surface area contributed by atoms with Crippen LogP contribution in [0.1, 0.15) is 34.6 Å². The van der Waals surface area contributed by atoms with Crippen LogP contribution < -0.4 is 10.6 Å². The van der Waals surface area contributed by atoms with Crippen molar-refractivity contribution in [3.63, 3.8) is 0 Å². The Balaban J connectivity index is 0.00000576. The van der Waals surface area contributed by atoms with Gasteiger partial charge in [0.2, 0.25) is 0 Å². The van der Waals surface area contributed by atoms with E-state index in [9.17, 15) is 4.21 Å². The van der Waals surface area contributed by atoms with Crippen molar-refractivity contribution < 1.29 is 4.21 Å². The van der Waals surface area contributed by atoms with Gasteiger partial charge in [-0.25, -0.2) is 0 Å². The Morgan fingerprint density at radius 2 is 1.88 bits per heavy atom. The zero-order valence-corrected chi connectivity index (χ0v) is 19.8. The molecule has 1 rings (SSSR count). The standard InChI is InChI=1S/C18H31N3OS2.HI/c1-6-19-17(20-12-13-24(22)18(3,4)5)21-14-15(2)23-16-10-8-7-9-11-16;/h7-11,15H,6,12-14H2,1-5H3,(H2,19,20,21);1H. The zero-order chi connectivity index (χ0) is 18.0. The topological polar surface area (TPSA) is 53.5 Å². The van der Waals surface area contributed by atoms with E-state index >= 15 is 0 Å². The lowest BCUT2D eigenvalue weighted by molar-refractivity contribution is 0.647. The van der Waals surface area contributed by atoms with Crippen LogP contribution in [0.15, 0.2) is 40.2 Å². The molecule has 25 heavy (non-hydrogen) atoms. The van der Waals surface area contributed by atoms with Crippen LogP contribution in [0, 0.1) is 0 Å². The minimum absolute atomic E-state index is 0. The number of halogens is 1. The van der Waals surface area contributed by atoms with Gasteiger partial charge in [-0.3, -0.25) is 9.20 Å². The molecular weight excluding hydrogens is 465 g/mol. The predicted octanol–water partition coefficient (Wildman–Crippen LogP) is 3.89. The molecule has 0 aromatic heterocycles. The van der Waals surface area contributed by atoms with Crippen LogP contribution in [0.2, 0.25) is 0 Å². The quantitative estimate of drug-likeness (QED) is 0.248. The molecule has 0 saturated heterocycles. The lowest BCUT2D eigenvalue weighted by atomic mass is 10.3. The number of rotatable bonds is 8. The van der Waals surface area contributed by atoms with E-state index in [2.05, 4.69) is 46.8 Å². The van der Waals surface area contributed by atoms with Crippen molar-refractivity contribution in [1.82, 2.24) is 10.6 Å². The van der Waals surface area contributed by atoms with Gasteiger partial charge in [0.25, 0.3) is 0 Å². The molecule has 0 fully saturated rings. The highest BCUT2D eigenvalue weighted by Gasteiger charge is 2.18. The molecule has 0 saturated carbocycles. The number of benzene rings is 1. The molecule has 0 bridgehead atoms. The Kier molecular flexibility index (Phi) is 12.8. The summed E-state index contributed by atoms with van der Waals surface area (Å²) in [5.41, 5.74) is 0. The van der Waals surface area contributed by atoms with Crippen LogP contribution in [-0.4, -0.2) is 45.6 Å². The van der Waals surface area contributed by atoms with Gasteiger partial charge in [-0.2, -0.15) is 0 Å². The van der Waals surface area contributed by atoms with E-state index < -0.39 is 10.8 Å². The predicted molar refractivity (Wildman–Crippen MR) is 124 cm³/mol. The number of aliphatic imine (C=N–C) groups is 1. The Labute approximate surface area is 176 Å². The normalized spacial score (nSPS) is 14.4. The van der Waals surface area contributed by atoms with Crippen molar-refractivity contribution in [3.05, 3.63) is 30.3 Å². The van der Waals surface area contributed by atoms with E-state index in [0.717, 1.165) is 19.0 Å². The average Bonchev–Trinajstić information content (AvgIpc) is 2.52. The summed E-state index contributed by atoms with van der Waals surface area (Å²) in [6.45, 7) is 12.5. The smallest absolute Gasteiger partial charge is 0.191 e. The second kappa shape index (κ2) is 13.0. The summed E-state index contributed by atoms with van der Waals surface area (Å²) in [6, 6.07) is 10.4. The summed E-state index contributed by atoms with van der Waals surface area (Å²) in [7, 11) is -0.846.